The van der Waals surface area contributed by atoms with Crippen molar-refractivity contribution < 1.29 is 5.11 Å². The standard InChI is InChI=1S/C12H17NO/c1-9-2-4-10(5-3-9)6-11-7-13-8-12(11)14/h2-5,11-14H,6-8H2,1H3. The number of nitrogens with one attached hydrogen (secondary N) is 1. The molecule has 0 bridgehead atoms. The van der Waals surface area contributed by atoms with E-state index in [-0.39, 0.29) is 6.10 Å². The van der Waals surface area contributed by atoms with Gasteiger partial charge in [-0.2, -0.15) is 0 Å². The maximum Gasteiger partial charge on any atom is 0.0708 e. The van der Waals surface area contributed by atoms with Crippen LogP contribution in [0.3, 0.4) is 0 Å². The van der Waals surface area contributed by atoms with Crippen LogP contribution in [0.1, 0.15) is 11.1 Å². The second-order valence-corrected chi connectivity index (χ2v) is 4.18. The fourth-order valence-corrected chi connectivity index (χ4v) is 1.95. The summed E-state index contributed by atoms with van der Waals surface area (Å²) in [4.78, 5) is 0. The molecule has 2 atom stereocenters. The Kier molecular flexibility index (Phi) is 2.85. The second kappa shape index (κ2) is 4.11. The first kappa shape index (κ1) is 9.69. The fraction of sp³-hybridized carbons (Fsp3) is 0.500. The predicted molar refractivity (Wildman–Crippen MR) is 57.2 cm³/mol. The van der Waals surface area contributed by atoms with Crippen LogP contribution in [0.15, 0.2) is 24.3 Å². The maximum absolute atomic E-state index is 9.64. The van der Waals surface area contributed by atoms with Gasteiger partial charge in [-0.25, -0.2) is 0 Å². The number of hydrogen-bond acceptors (Lipinski definition) is 2. The number of rotatable bonds is 2. The molecule has 76 valence electrons. The summed E-state index contributed by atoms with van der Waals surface area (Å²) < 4.78 is 0. The van der Waals surface area contributed by atoms with Gasteiger partial charge in [-0.1, -0.05) is 29.8 Å². The first-order chi connectivity index (χ1) is 6.75. The summed E-state index contributed by atoms with van der Waals surface area (Å²) in [5, 5.41) is 12.8. The van der Waals surface area contributed by atoms with Crippen LogP contribution in [0.4, 0.5) is 0 Å². The lowest BCUT2D eigenvalue weighted by atomic mass is 9.96. The summed E-state index contributed by atoms with van der Waals surface area (Å²) in [7, 11) is 0. The van der Waals surface area contributed by atoms with Gasteiger partial charge in [0.15, 0.2) is 0 Å². The maximum atomic E-state index is 9.64. The highest BCUT2D eigenvalue weighted by Crippen LogP contribution is 2.16. The predicted octanol–water partition coefficient (Wildman–Crippen LogP) is 1.12. The van der Waals surface area contributed by atoms with E-state index >= 15 is 0 Å². The summed E-state index contributed by atoms with van der Waals surface area (Å²) in [6.45, 7) is 3.78. The number of aryl methyl sites for hydroxylation is 1. The van der Waals surface area contributed by atoms with E-state index in [0.717, 1.165) is 19.5 Å². The molecule has 1 aliphatic heterocycles. The molecule has 1 aromatic carbocycles. The molecule has 1 heterocycles. The molecule has 2 heteroatoms. The highest BCUT2D eigenvalue weighted by molar-refractivity contribution is 5.22. The normalized spacial score (nSPS) is 26.7. The third-order valence-electron chi connectivity index (χ3n) is 2.92. The lowest BCUT2D eigenvalue weighted by molar-refractivity contribution is 0.147. The van der Waals surface area contributed by atoms with E-state index in [1.165, 1.54) is 11.1 Å². The summed E-state index contributed by atoms with van der Waals surface area (Å²) in [6, 6.07) is 8.56. The first-order valence-corrected chi connectivity index (χ1v) is 5.20. The molecule has 2 nitrogen and oxygen atoms in total. The molecule has 2 unspecified atom stereocenters. The zero-order chi connectivity index (χ0) is 9.97. The molecule has 14 heavy (non-hydrogen) atoms. The van der Waals surface area contributed by atoms with Gasteiger partial charge in [-0.3, -0.25) is 0 Å². The molecule has 0 aromatic heterocycles. The molecule has 1 saturated heterocycles. The van der Waals surface area contributed by atoms with Crippen molar-refractivity contribution in [2.24, 2.45) is 5.92 Å². The van der Waals surface area contributed by atoms with Crippen molar-refractivity contribution >= 4 is 0 Å². The summed E-state index contributed by atoms with van der Waals surface area (Å²) >= 11 is 0. The van der Waals surface area contributed by atoms with Gasteiger partial charge in [0.25, 0.3) is 0 Å². The Morgan fingerprint density at radius 1 is 1.29 bits per heavy atom. The van der Waals surface area contributed by atoms with E-state index in [9.17, 15) is 5.11 Å². The molecule has 2 rings (SSSR count). The average molecular weight is 191 g/mol. The zero-order valence-corrected chi connectivity index (χ0v) is 8.53. The van der Waals surface area contributed by atoms with Gasteiger partial charge in [0, 0.05) is 19.0 Å². The third kappa shape index (κ3) is 2.14. The van der Waals surface area contributed by atoms with Crippen LogP contribution >= 0.6 is 0 Å². The third-order valence-corrected chi connectivity index (χ3v) is 2.92. The molecule has 1 fully saturated rings. The van der Waals surface area contributed by atoms with Crippen molar-refractivity contribution in [3.8, 4) is 0 Å². The molecule has 0 aliphatic carbocycles. The van der Waals surface area contributed by atoms with Crippen molar-refractivity contribution in [2.75, 3.05) is 13.1 Å². The van der Waals surface area contributed by atoms with Crippen LogP contribution in [0.25, 0.3) is 0 Å². The van der Waals surface area contributed by atoms with Gasteiger partial charge >= 0.3 is 0 Å². The summed E-state index contributed by atoms with van der Waals surface area (Å²) in [6.07, 6.45) is 0.811. The van der Waals surface area contributed by atoms with Crippen LogP contribution in [-0.2, 0) is 6.42 Å². The molecule has 0 amide bonds. The largest absolute Gasteiger partial charge is 0.391 e. The van der Waals surface area contributed by atoms with Crippen LogP contribution in [0.5, 0.6) is 0 Å². The minimum absolute atomic E-state index is 0.170. The number of aliphatic hydroxyl groups is 1. The fourth-order valence-electron chi connectivity index (χ4n) is 1.95. The molecule has 0 radical (unpaired) electrons. The summed E-state index contributed by atoms with van der Waals surface area (Å²) in [5.74, 6) is 0.387. The molecule has 1 aromatic rings. The van der Waals surface area contributed by atoms with Crippen molar-refractivity contribution in [1.29, 1.82) is 0 Å². The average Bonchev–Trinajstić information content (AvgIpc) is 2.56. The van der Waals surface area contributed by atoms with Gasteiger partial charge in [0.1, 0.15) is 0 Å². The van der Waals surface area contributed by atoms with Crippen LogP contribution in [-0.4, -0.2) is 24.3 Å². The Morgan fingerprint density at radius 2 is 2.00 bits per heavy atom. The molecule has 0 saturated carbocycles. The van der Waals surface area contributed by atoms with Gasteiger partial charge in [0.2, 0.25) is 0 Å². The Hall–Kier alpha value is -0.860. The van der Waals surface area contributed by atoms with E-state index in [1.807, 2.05) is 0 Å². The van der Waals surface area contributed by atoms with Gasteiger partial charge < -0.3 is 10.4 Å². The van der Waals surface area contributed by atoms with Crippen LogP contribution < -0.4 is 5.32 Å². The van der Waals surface area contributed by atoms with E-state index in [1.54, 1.807) is 0 Å². The monoisotopic (exact) mass is 191 g/mol. The van der Waals surface area contributed by atoms with Crippen LogP contribution in [0, 0.1) is 12.8 Å². The molecule has 0 spiro atoms. The minimum atomic E-state index is -0.170. The van der Waals surface area contributed by atoms with Crippen LogP contribution in [0.2, 0.25) is 0 Å². The van der Waals surface area contributed by atoms with Crippen molar-refractivity contribution in [1.82, 2.24) is 5.32 Å². The quantitative estimate of drug-likeness (QED) is 0.734. The van der Waals surface area contributed by atoms with Gasteiger partial charge in [-0.15, -0.1) is 0 Å². The SMILES string of the molecule is Cc1ccc(CC2CNCC2O)cc1. The van der Waals surface area contributed by atoms with E-state index in [4.69, 9.17) is 0 Å². The van der Waals surface area contributed by atoms with Crippen molar-refractivity contribution in [3.63, 3.8) is 0 Å². The van der Waals surface area contributed by atoms with Gasteiger partial charge in [0.05, 0.1) is 6.10 Å². The zero-order valence-electron chi connectivity index (χ0n) is 8.53. The summed E-state index contributed by atoms with van der Waals surface area (Å²) in [5.41, 5.74) is 2.61. The Balaban J connectivity index is 2.00. The number of β-amino-alcohol motifs (C(OH)–C–C–N with tert-alkyl or cyclic N) is 1. The van der Waals surface area contributed by atoms with Gasteiger partial charge in [-0.05, 0) is 18.9 Å². The molecular formula is C12H17NO. The lowest BCUT2D eigenvalue weighted by Gasteiger charge is -2.12. The topological polar surface area (TPSA) is 32.3 Å². The van der Waals surface area contributed by atoms with E-state index in [0.29, 0.717) is 5.92 Å². The molecule has 1 aliphatic rings. The highest BCUT2D eigenvalue weighted by Gasteiger charge is 2.24. The van der Waals surface area contributed by atoms with Crippen molar-refractivity contribution in [2.45, 2.75) is 19.4 Å². The molecule has 2 N–H and O–H groups in total. The Labute approximate surface area is 85.0 Å². The van der Waals surface area contributed by atoms with Crippen molar-refractivity contribution in [3.05, 3.63) is 35.4 Å². The highest BCUT2D eigenvalue weighted by atomic mass is 16.3. The Bertz CT molecular complexity index is 294. The smallest absolute Gasteiger partial charge is 0.0708 e. The number of benzene rings is 1. The second-order valence-electron chi connectivity index (χ2n) is 4.18. The van der Waals surface area contributed by atoms with E-state index < -0.39 is 0 Å². The lowest BCUT2D eigenvalue weighted by Crippen LogP contribution is -2.19. The number of aliphatic hydroxyl groups excluding tert-OH is 1. The number of hydrogen-bond donors (Lipinski definition) is 2. The van der Waals surface area contributed by atoms with E-state index in [2.05, 4.69) is 36.5 Å². The Morgan fingerprint density at radius 3 is 2.57 bits per heavy atom. The minimum Gasteiger partial charge on any atom is -0.391 e. The molecular weight excluding hydrogens is 174 g/mol. The first-order valence-electron chi connectivity index (χ1n) is 5.20.